The summed E-state index contributed by atoms with van der Waals surface area (Å²) in [6.45, 7) is 4.83. The molecular formula is C14H17N3O. The summed E-state index contributed by atoms with van der Waals surface area (Å²) < 4.78 is 5.71. The third kappa shape index (κ3) is 2.04. The third-order valence-electron chi connectivity index (χ3n) is 3.30. The molecule has 0 aliphatic heterocycles. The molecule has 0 saturated carbocycles. The minimum absolute atomic E-state index is 0.293. The van der Waals surface area contributed by atoms with Crippen LogP contribution in [0.4, 0.5) is 0 Å². The Hall–Kier alpha value is -1.68. The number of aromatic nitrogens is 2. The first-order valence-corrected chi connectivity index (χ1v) is 6.37. The van der Waals surface area contributed by atoms with Crippen molar-refractivity contribution in [3.05, 3.63) is 47.2 Å². The van der Waals surface area contributed by atoms with Crippen LogP contribution in [-0.2, 0) is 13.0 Å². The molecule has 1 aliphatic rings. The lowest BCUT2D eigenvalue weighted by Gasteiger charge is -2.26. The van der Waals surface area contributed by atoms with Gasteiger partial charge in [0.05, 0.1) is 12.5 Å². The molecule has 0 amide bonds. The van der Waals surface area contributed by atoms with Crippen molar-refractivity contribution < 1.29 is 4.42 Å². The molecule has 0 bridgehead atoms. The second-order valence-electron chi connectivity index (χ2n) is 5.03. The Kier molecular flexibility index (Phi) is 2.88. The van der Waals surface area contributed by atoms with E-state index in [0.29, 0.717) is 24.4 Å². The number of benzene rings is 1. The van der Waals surface area contributed by atoms with Crippen LogP contribution in [-0.4, -0.2) is 16.2 Å². The fourth-order valence-electron chi connectivity index (χ4n) is 2.25. The maximum atomic E-state index is 5.71. The third-order valence-corrected chi connectivity index (χ3v) is 3.30. The van der Waals surface area contributed by atoms with Gasteiger partial charge in [0, 0.05) is 6.04 Å². The summed E-state index contributed by atoms with van der Waals surface area (Å²) in [7, 11) is 0. The molecule has 0 radical (unpaired) electrons. The van der Waals surface area contributed by atoms with E-state index in [9.17, 15) is 0 Å². The van der Waals surface area contributed by atoms with Crippen LogP contribution in [0.3, 0.4) is 0 Å². The van der Waals surface area contributed by atoms with Crippen molar-refractivity contribution in [2.24, 2.45) is 0 Å². The zero-order valence-corrected chi connectivity index (χ0v) is 10.7. The quantitative estimate of drug-likeness (QED) is 0.895. The lowest BCUT2D eigenvalue weighted by atomic mass is 9.77. The molecule has 3 rings (SSSR count). The van der Waals surface area contributed by atoms with Gasteiger partial charge in [0.15, 0.2) is 0 Å². The normalized spacial score (nSPS) is 17.6. The van der Waals surface area contributed by atoms with E-state index in [1.54, 1.807) is 0 Å². The Morgan fingerprint density at radius 2 is 2.17 bits per heavy atom. The zero-order chi connectivity index (χ0) is 12.5. The highest BCUT2D eigenvalue weighted by Crippen LogP contribution is 2.38. The molecule has 18 heavy (non-hydrogen) atoms. The second kappa shape index (κ2) is 4.53. The van der Waals surface area contributed by atoms with E-state index in [0.717, 1.165) is 12.3 Å². The minimum Gasteiger partial charge on any atom is -0.423 e. The molecule has 0 spiro atoms. The maximum Gasteiger partial charge on any atom is 0.230 e. The number of rotatable bonds is 4. The summed E-state index contributed by atoms with van der Waals surface area (Å²) in [5.74, 6) is 1.71. The van der Waals surface area contributed by atoms with Crippen LogP contribution < -0.4 is 5.32 Å². The van der Waals surface area contributed by atoms with E-state index in [-0.39, 0.29) is 0 Å². The summed E-state index contributed by atoms with van der Waals surface area (Å²) in [6, 6.07) is 8.84. The van der Waals surface area contributed by atoms with Gasteiger partial charge in [0.2, 0.25) is 11.8 Å². The van der Waals surface area contributed by atoms with Gasteiger partial charge in [-0.1, -0.05) is 38.1 Å². The largest absolute Gasteiger partial charge is 0.423 e. The zero-order valence-electron chi connectivity index (χ0n) is 10.7. The molecule has 1 aliphatic carbocycles. The number of hydrogen-bond donors (Lipinski definition) is 1. The van der Waals surface area contributed by atoms with Crippen LogP contribution in [0.25, 0.3) is 0 Å². The van der Waals surface area contributed by atoms with Crippen molar-refractivity contribution >= 4 is 0 Å². The van der Waals surface area contributed by atoms with E-state index < -0.39 is 0 Å². The highest BCUT2D eigenvalue weighted by molar-refractivity contribution is 5.43. The van der Waals surface area contributed by atoms with Crippen molar-refractivity contribution in [1.82, 2.24) is 15.5 Å². The minimum atomic E-state index is 0.293. The van der Waals surface area contributed by atoms with Crippen LogP contribution in [0.15, 0.2) is 28.7 Å². The van der Waals surface area contributed by atoms with Gasteiger partial charge in [0.1, 0.15) is 0 Å². The SMILES string of the molecule is CC(C)NCc1nnc(C2Cc3ccccc32)o1. The maximum absolute atomic E-state index is 5.71. The Morgan fingerprint density at radius 3 is 2.94 bits per heavy atom. The fourth-order valence-corrected chi connectivity index (χ4v) is 2.25. The van der Waals surface area contributed by atoms with Gasteiger partial charge in [-0.2, -0.15) is 0 Å². The van der Waals surface area contributed by atoms with E-state index in [1.165, 1.54) is 11.1 Å². The molecule has 1 heterocycles. The van der Waals surface area contributed by atoms with Crippen molar-refractivity contribution in [2.45, 2.75) is 38.8 Å². The van der Waals surface area contributed by atoms with Gasteiger partial charge in [0.25, 0.3) is 0 Å². The van der Waals surface area contributed by atoms with Crippen molar-refractivity contribution in [1.29, 1.82) is 0 Å². The second-order valence-corrected chi connectivity index (χ2v) is 5.03. The van der Waals surface area contributed by atoms with E-state index in [1.807, 2.05) is 0 Å². The summed E-state index contributed by atoms with van der Waals surface area (Å²) in [6.07, 6.45) is 1.01. The van der Waals surface area contributed by atoms with E-state index >= 15 is 0 Å². The molecule has 0 saturated heterocycles. The van der Waals surface area contributed by atoms with Crippen LogP contribution in [0.5, 0.6) is 0 Å². The topological polar surface area (TPSA) is 51.0 Å². The average molecular weight is 243 g/mol. The lowest BCUT2D eigenvalue weighted by molar-refractivity contribution is 0.399. The highest BCUT2D eigenvalue weighted by Gasteiger charge is 2.31. The molecule has 4 nitrogen and oxygen atoms in total. The molecule has 1 aromatic heterocycles. The monoisotopic (exact) mass is 243 g/mol. The summed E-state index contributed by atoms with van der Waals surface area (Å²) in [5.41, 5.74) is 2.71. The predicted octanol–water partition coefficient (Wildman–Crippen LogP) is 2.26. The number of fused-ring (bicyclic) bond motifs is 1. The van der Waals surface area contributed by atoms with Gasteiger partial charge in [-0.3, -0.25) is 0 Å². The first-order chi connectivity index (χ1) is 8.74. The van der Waals surface area contributed by atoms with Gasteiger partial charge >= 0.3 is 0 Å². The van der Waals surface area contributed by atoms with Crippen molar-refractivity contribution in [3.63, 3.8) is 0 Å². The average Bonchev–Trinajstić information content (AvgIpc) is 2.77. The van der Waals surface area contributed by atoms with Gasteiger partial charge in [-0.05, 0) is 17.5 Å². The Bertz CT molecular complexity index is 547. The van der Waals surface area contributed by atoms with Crippen LogP contribution in [0.1, 0.15) is 42.7 Å². The summed E-state index contributed by atoms with van der Waals surface area (Å²) in [4.78, 5) is 0. The summed E-state index contributed by atoms with van der Waals surface area (Å²) >= 11 is 0. The van der Waals surface area contributed by atoms with Crippen LogP contribution in [0, 0.1) is 0 Å². The van der Waals surface area contributed by atoms with Gasteiger partial charge in [-0.25, -0.2) is 0 Å². The smallest absolute Gasteiger partial charge is 0.230 e. The predicted molar refractivity (Wildman–Crippen MR) is 68.3 cm³/mol. The molecule has 1 N–H and O–H groups in total. The first kappa shape index (κ1) is 11.4. The highest BCUT2D eigenvalue weighted by atomic mass is 16.4. The molecular weight excluding hydrogens is 226 g/mol. The Morgan fingerprint density at radius 1 is 1.33 bits per heavy atom. The number of hydrogen-bond acceptors (Lipinski definition) is 4. The van der Waals surface area contributed by atoms with Crippen molar-refractivity contribution in [3.8, 4) is 0 Å². The molecule has 94 valence electrons. The van der Waals surface area contributed by atoms with Crippen LogP contribution in [0.2, 0.25) is 0 Å². The molecule has 4 heteroatoms. The van der Waals surface area contributed by atoms with Crippen LogP contribution >= 0.6 is 0 Å². The number of nitrogens with zero attached hydrogens (tertiary/aromatic N) is 2. The Balaban J connectivity index is 1.72. The molecule has 0 fully saturated rings. The van der Waals surface area contributed by atoms with Gasteiger partial charge < -0.3 is 9.73 Å². The lowest BCUT2D eigenvalue weighted by Crippen LogP contribution is -2.22. The summed E-state index contributed by atoms with van der Waals surface area (Å²) in [5, 5.41) is 11.5. The molecule has 2 aromatic rings. The fraction of sp³-hybridized carbons (Fsp3) is 0.429. The van der Waals surface area contributed by atoms with Crippen molar-refractivity contribution in [2.75, 3.05) is 0 Å². The first-order valence-electron chi connectivity index (χ1n) is 6.37. The molecule has 1 aromatic carbocycles. The molecule has 1 unspecified atom stereocenters. The Labute approximate surface area is 106 Å². The van der Waals surface area contributed by atoms with E-state index in [2.05, 4.69) is 53.6 Å². The van der Waals surface area contributed by atoms with Gasteiger partial charge in [-0.15, -0.1) is 10.2 Å². The standard InChI is InChI=1S/C14H17N3O/c1-9(2)15-8-13-16-17-14(18-13)12-7-10-5-3-4-6-11(10)12/h3-6,9,12,15H,7-8H2,1-2H3. The number of nitrogens with one attached hydrogen (secondary N) is 1. The molecule has 1 atom stereocenters. The van der Waals surface area contributed by atoms with E-state index in [4.69, 9.17) is 4.42 Å².